The minimum atomic E-state index is 0.105. The summed E-state index contributed by atoms with van der Waals surface area (Å²) in [6.45, 7) is 2.37. The van der Waals surface area contributed by atoms with Crippen molar-refractivity contribution in [3.63, 3.8) is 0 Å². The first-order valence-corrected chi connectivity index (χ1v) is 12.2. The average molecular weight is 423 g/mol. The molecular formula is C24H30N4OS. The Balaban J connectivity index is 1.39. The number of nitrogens with one attached hydrogen (secondary N) is 1. The van der Waals surface area contributed by atoms with E-state index in [0.29, 0.717) is 18.3 Å². The molecular weight excluding hydrogens is 392 g/mol. The summed E-state index contributed by atoms with van der Waals surface area (Å²) in [7, 11) is 0. The maximum atomic E-state index is 13.4. The molecule has 6 heteroatoms. The first-order chi connectivity index (χ1) is 14.8. The van der Waals surface area contributed by atoms with Crippen LogP contribution in [0.25, 0.3) is 4.96 Å². The number of hydrogen-bond donors (Lipinski definition) is 1. The SMILES string of the molecule is O=C(c1nc2sccn2c1CNC1CCCc2ccccc21)N1CCCCCCC1. The summed E-state index contributed by atoms with van der Waals surface area (Å²) in [5.74, 6) is 0.105. The zero-order valence-electron chi connectivity index (χ0n) is 17.5. The largest absolute Gasteiger partial charge is 0.337 e. The molecule has 0 radical (unpaired) electrons. The molecule has 30 heavy (non-hydrogen) atoms. The van der Waals surface area contributed by atoms with E-state index in [4.69, 9.17) is 4.98 Å². The van der Waals surface area contributed by atoms with Gasteiger partial charge in [0.25, 0.3) is 5.91 Å². The fourth-order valence-corrected chi connectivity index (χ4v) is 5.69. The topological polar surface area (TPSA) is 49.6 Å². The van der Waals surface area contributed by atoms with Gasteiger partial charge in [-0.2, -0.15) is 0 Å². The summed E-state index contributed by atoms with van der Waals surface area (Å²) in [5.41, 5.74) is 4.50. The van der Waals surface area contributed by atoms with Gasteiger partial charge in [-0.3, -0.25) is 9.20 Å². The van der Waals surface area contributed by atoms with Crippen molar-refractivity contribution in [1.29, 1.82) is 0 Å². The molecule has 1 aromatic carbocycles. The van der Waals surface area contributed by atoms with Crippen molar-refractivity contribution in [2.45, 2.75) is 64.0 Å². The normalized spacial score (nSPS) is 20.0. The van der Waals surface area contributed by atoms with Crippen molar-refractivity contribution in [3.05, 3.63) is 58.4 Å². The van der Waals surface area contributed by atoms with Gasteiger partial charge in [-0.1, -0.05) is 43.5 Å². The van der Waals surface area contributed by atoms with Gasteiger partial charge in [0, 0.05) is 37.3 Å². The molecule has 158 valence electrons. The highest BCUT2D eigenvalue weighted by Gasteiger charge is 2.26. The van der Waals surface area contributed by atoms with Gasteiger partial charge in [-0.25, -0.2) is 4.98 Å². The van der Waals surface area contributed by atoms with E-state index >= 15 is 0 Å². The number of rotatable bonds is 4. The van der Waals surface area contributed by atoms with Crippen molar-refractivity contribution in [1.82, 2.24) is 19.6 Å². The van der Waals surface area contributed by atoms with Gasteiger partial charge < -0.3 is 10.2 Å². The number of aromatic nitrogens is 2. The molecule has 1 aliphatic carbocycles. The molecule has 1 N–H and O–H groups in total. The second kappa shape index (κ2) is 8.90. The lowest BCUT2D eigenvalue weighted by atomic mass is 9.88. The predicted molar refractivity (Wildman–Crippen MR) is 121 cm³/mol. The first kappa shape index (κ1) is 19.8. The molecule has 3 heterocycles. The van der Waals surface area contributed by atoms with Crippen molar-refractivity contribution in [3.8, 4) is 0 Å². The second-order valence-electron chi connectivity index (χ2n) is 8.55. The van der Waals surface area contributed by atoms with Gasteiger partial charge in [0.15, 0.2) is 10.7 Å². The fourth-order valence-electron chi connectivity index (χ4n) is 4.96. The van der Waals surface area contributed by atoms with Crippen molar-refractivity contribution in [2.24, 2.45) is 0 Å². The number of thiazole rings is 1. The summed E-state index contributed by atoms with van der Waals surface area (Å²) in [6, 6.07) is 9.09. The number of fused-ring (bicyclic) bond motifs is 2. The number of imidazole rings is 1. The number of aryl methyl sites for hydroxylation is 1. The minimum absolute atomic E-state index is 0.105. The Kier molecular flexibility index (Phi) is 5.86. The highest BCUT2D eigenvalue weighted by molar-refractivity contribution is 7.15. The van der Waals surface area contributed by atoms with Crippen LogP contribution >= 0.6 is 11.3 Å². The minimum Gasteiger partial charge on any atom is -0.337 e. The Morgan fingerprint density at radius 2 is 1.90 bits per heavy atom. The molecule has 1 aliphatic heterocycles. The zero-order chi connectivity index (χ0) is 20.3. The van der Waals surface area contributed by atoms with Crippen LogP contribution in [-0.2, 0) is 13.0 Å². The maximum Gasteiger partial charge on any atom is 0.274 e. The molecule has 2 aromatic heterocycles. The van der Waals surface area contributed by atoms with Crippen LogP contribution in [0.15, 0.2) is 35.8 Å². The van der Waals surface area contributed by atoms with E-state index in [1.165, 1.54) is 36.8 Å². The standard InChI is InChI=1S/C24H30N4OS/c29-23(27-13-6-2-1-3-7-14-27)22-21(28-15-16-30-24(28)26-22)17-25-20-12-8-10-18-9-4-5-11-19(18)20/h4-5,9,11,15-16,20,25H,1-3,6-8,10,12-14,17H2. The van der Waals surface area contributed by atoms with Crippen molar-refractivity contribution in [2.75, 3.05) is 13.1 Å². The van der Waals surface area contributed by atoms with Gasteiger partial charge in [0.05, 0.1) is 5.69 Å². The quantitative estimate of drug-likeness (QED) is 0.646. The maximum absolute atomic E-state index is 13.4. The summed E-state index contributed by atoms with van der Waals surface area (Å²) >= 11 is 1.60. The number of benzene rings is 1. The lowest BCUT2D eigenvalue weighted by Gasteiger charge is -2.27. The third-order valence-electron chi connectivity index (χ3n) is 6.59. The molecule has 1 unspecified atom stereocenters. The molecule has 1 saturated heterocycles. The Bertz CT molecular complexity index is 1020. The van der Waals surface area contributed by atoms with Crippen molar-refractivity contribution >= 4 is 22.2 Å². The molecule has 2 aliphatic rings. The van der Waals surface area contributed by atoms with Crippen LogP contribution in [0.4, 0.5) is 0 Å². The Hall–Kier alpha value is -2.18. The number of carbonyl (C=O) groups excluding carboxylic acids is 1. The Labute approximate surface area is 182 Å². The Morgan fingerprint density at radius 1 is 1.10 bits per heavy atom. The smallest absolute Gasteiger partial charge is 0.274 e. The molecule has 0 saturated carbocycles. The van der Waals surface area contributed by atoms with Gasteiger partial charge in [-0.15, -0.1) is 11.3 Å². The number of nitrogens with zero attached hydrogens (tertiary/aromatic N) is 3. The molecule has 0 bridgehead atoms. The van der Waals surface area contributed by atoms with E-state index in [9.17, 15) is 4.79 Å². The fraction of sp³-hybridized carbons (Fsp3) is 0.500. The second-order valence-corrected chi connectivity index (χ2v) is 9.42. The van der Waals surface area contributed by atoms with Gasteiger partial charge in [0.1, 0.15) is 0 Å². The summed E-state index contributed by atoms with van der Waals surface area (Å²) in [5, 5.41) is 5.80. The lowest BCUT2D eigenvalue weighted by Crippen LogP contribution is -2.35. The first-order valence-electron chi connectivity index (χ1n) is 11.4. The zero-order valence-corrected chi connectivity index (χ0v) is 18.3. The summed E-state index contributed by atoms with van der Waals surface area (Å²) in [6.07, 6.45) is 11.5. The number of likely N-dealkylation sites (tertiary alicyclic amines) is 1. The van der Waals surface area contributed by atoms with Crippen LogP contribution in [-0.4, -0.2) is 33.3 Å². The summed E-state index contributed by atoms with van der Waals surface area (Å²) in [4.78, 5) is 21.1. The number of carbonyl (C=O) groups is 1. The number of amides is 1. The van der Waals surface area contributed by atoms with Crippen LogP contribution in [0.5, 0.6) is 0 Å². The molecule has 1 amide bonds. The van der Waals surface area contributed by atoms with E-state index in [2.05, 4.69) is 34.0 Å². The van der Waals surface area contributed by atoms with E-state index in [0.717, 1.165) is 49.4 Å². The number of hydrogen-bond acceptors (Lipinski definition) is 4. The van der Waals surface area contributed by atoms with E-state index < -0.39 is 0 Å². The predicted octanol–water partition coefficient (Wildman–Crippen LogP) is 4.97. The molecule has 1 atom stereocenters. The molecule has 5 rings (SSSR count). The van der Waals surface area contributed by atoms with Crippen LogP contribution in [0.2, 0.25) is 0 Å². The van der Waals surface area contributed by atoms with Gasteiger partial charge in [0.2, 0.25) is 0 Å². The van der Waals surface area contributed by atoms with Crippen LogP contribution in [0, 0.1) is 0 Å². The highest BCUT2D eigenvalue weighted by Crippen LogP contribution is 2.30. The third-order valence-corrected chi connectivity index (χ3v) is 7.35. The molecule has 3 aromatic rings. The van der Waals surface area contributed by atoms with Crippen LogP contribution < -0.4 is 5.32 Å². The summed E-state index contributed by atoms with van der Waals surface area (Å²) < 4.78 is 2.10. The third kappa shape index (κ3) is 3.91. The van der Waals surface area contributed by atoms with E-state index in [1.807, 2.05) is 16.5 Å². The van der Waals surface area contributed by atoms with Crippen LogP contribution in [0.1, 0.15) is 78.3 Å². The molecule has 5 nitrogen and oxygen atoms in total. The molecule has 1 fully saturated rings. The van der Waals surface area contributed by atoms with E-state index in [-0.39, 0.29) is 5.91 Å². The lowest BCUT2D eigenvalue weighted by molar-refractivity contribution is 0.0735. The monoisotopic (exact) mass is 422 g/mol. The van der Waals surface area contributed by atoms with E-state index in [1.54, 1.807) is 11.3 Å². The molecule has 0 spiro atoms. The Morgan fingerprint density at radius 3 is 2.77 bits per heavy atom. The highest BCUT2D eigenvalue weighted by atomic mass is 32.1. The van der Waals surface area contributed by atoms with Gasteiger partial charge >= 0.3 is 0 Å². The van der Waals surface area contributed by atoms with Gasteiger partial charge in [-0.05, 0) is 43.2 Å². The average Bonchev–Trinajstić information content (AvgIpc) is 3.33. The van der Waals surface area contributed by atoms with Crippen molar-refractivity contribution < 1.29 is 4.79 Å². The van der Waals surface area contributed by atoms with Crippen LogP contribution in [0.3, 0.4) is 0 Å².